The minimum atomic E-state index is -0.813. The van der Waals surface area contributed by atoms with Crippen molar-refractivity contribution in [2.75, 3.05) is 13.7 Å². The quantitative estimate of drug-likeness (QED) is 0.156. The lowest BCUT2D eigenvalue weighted by molar-refractivity contribution is -0.136. The molecule has 0 amide bonds. The van der Waals surface area contributed by atoms with Gasteiger partial charge in [0.1, 0.15) is 17.2 Å². The Hall–Kier alpha value is -5.55. The predicted octanol–water partition coefficient (Wildman–Crippen LogP) is 5.28. The van der Waals surface area contributed by atoms with E-state index in [1.807, 2.05) is 67.7 Å². The van der Waals surface area contributed by atoms with E-state index >= 15 is 0 Å². The summed E-state index contributed by atoms with van der Waals surface area (Å²) < 4.78 is 20.0. The SMILES string of the molecule is CCCOc1ccc(-c2nn(-c3ccccc3)cc2/C=c2\sc3n(c2=O)[C@@H](c2ccc(OC(C)=O)cc2)C(C(=O)OC)=C(C)N=3)cc1C. The second kappa shape index (κ2) is 13.7. The van der Waals surface area contributed by atoms with Crippen molar-refractivity contribution in [3.63, 3.8) is 0 Å². The maximum atomic E-state index is 14.3. The number of allylic oxidation sites excluding steroid dienone is 1. The summed E-state index contributed by atoms with van der Waals surface area (Å²) in [6.45, 7) is 7.74. The summed E-state index contributed by atoms with van der Waals surface area (Å²) in [6, 6.07) is 21.6. The number of benzene rings is 3. The molecule has 2 aromatic heterocycles. The second-order valence-corrected chi connectivity index (χ2v) is 12.3. The summed E-state index contributed by atoms with van der Waals surface area (Å²) in [4.78, 5) is 44.0. The number of fused-ring (bicyclic) bond motifs is 1. The van der Waals surface area contributed by atoms with Crippen LogP contribution in [-0.4, -0.2) is 40.0 Å². The molecule has 0 spiro atoms. The van der Waals surface area contributed by atoms with Crippen LogP contribution in [0.25, 0.3) is 23.0 Å². The molecule has 0 saturated carbocycles. The van der Waals surface area contributed by atoms with Crippen molar-refractivity contribution >= 4 is 29.4 Å². The standard InChI is InChI=1S/C37H34N4O6S/c1-6-18-46-30-17-14-26(19-22(30)2)33-27(21-40(39-33)28-10-8-7-9-11-28)20-31-35(43)41-34(25-12-15-29(16-13-25)47-24(4)42)32(36(44)45-5)23(3)38-37(41)48-31/h7-17,19-21,34H,6,18H2,1-5H3/b31-20-/t34-/m0/s1. The molecule has 244 valence electrons. The zero-order chi connectivity index (χ0) is 33.9. The average molecular weight is 663 g/mol. The van der Waals surface area contributed by atoms with Gasteiger partial charge in [-0.15, -0.1) is 0 Å². The highest BCUT2D eigenvalue weighted by atomic mass is 32.1. The van der Waals surface area contributed by atoms with Crippen molar-refractivity contribution in [1.82, 2.24) is 14.3 Å². The molecular formula is C37H34N4O6S. The average Bonchev–Trinajstić information content (AvgIpc) is 3.64. The zero-order valence-electron chi connectivity index (χ0n) is 27.2. The van der Waals surface area contributed by atoms with Crippen molar-refractivity contribution < 1.29 is 23.8 Å². The highest BCUT2D eigenvalue weighted by Gasteiger charge is 2.33. The van der Waals surface area contributed by atoms with E-state index in [9.17, 15) is 14.4 Å². The number of rotatable bonds is 9. The van der Waals surface area contributed by atoms with Crippen molar-refractivity contribution in [2.45, 2.75) is 40.2 Å². The Balaban J connectivity index is 1.52. The molecule has 48 heavy (non-hydrogen) atoms. The number of esters is 2. The van der Waals surface area contributed by atoms with Crippen LogP contribution in [0.1, 0.15) is 49.9 Å². The molecule has 1 aliphatic rings. The molecule has 0 fully saturated rings. The van der Waals surface area contributed by atoms with E-state index in [0.717, 1.165) is 34.5 Å². The molecule has 0 radical (unpaired) electrons. The number of carbonyl (C=O) groups excluding carboxylic acids is 2. The van der Waals surface area contributed by atoms with Gasteiger partial charge in [-0.05, 0) is 79.9 Å². The van der Waals surface area contributed by atoms with E-state index in [-0.39, 0.29) is 11.1 Å². The van der Waals surface area contributed by atoms with Gasteiger partial charge >= 0.3 is 11.9 Å². The van der Waals surface area contributed by atoms with Gasteiger partial charge in [0.2, 0.25) is 0 Å². The number of hydrogen-bond acceptors (Lipinski definition) is 9. The van der Waals surface area contributed by atoms with Crippen LogP contribution in [0.5, 0.6) is 11.5 Å². The van der Waals surface area contributed by atoms with E-state index in [2.05, 4.69) is 11.9 Å². The zero-order valence-corrected chi connectivity index (χ0v) is 28.0. The number of thiazole rings is 1. The fraction of sp³-hybridized carbons (Fsp3) is 0.216. The minimum absolute atomic E-state index is 0.245. The van der Waals surface area contributed by atoms with Gasteiger partial charge in [0, 0.05) is 24.2 Å². The number of nitrogens with zero attached hydrogens (tertiary/aromatic N) is 4. The first-order valence-electron chi connectivity index (χ1n) is 15.5. The highest BCUT2D eigenvalue weighted by molar-refractivity contribution is 7.07. The number of para-hydroxylation sites is 1. The normalized spacial score (nSPS) is 14.4. The summed E-state index contributed by atoms with van der Waals surface area (Å²) in [5.74, 6) is 0.123. The Kier molecular flexibility index (Phi) is 9.22. The van der Waals surface area contributed by atoms with Crippen molar-refractivity contribution in [2.24, 2.45) is 4.99 Å². The third-order valence-corrected chi connectivity index (χ3v) is 8.83. The molecule has 0 saturated heterocycles. The first kappa shape index (κ1) is 32.4. The topological polar surface area (TPSA) is 114 Å². The number of carbonyl (C=O) groups is 2. The Labute approximate surface area is 280 Å². The van der Waals surface area contributed by atoms with Crippen LogP contribution in [-0.2, 0) is 14.3 Å². The summed E-state index contributed by atoms with van der Waals surface area (Å²) in [6.07, 6.45) is 4.63. The van der Waals surface area contributed by atoms with Crippen molar-refractivity contribution in [1.29, 1.82) is 0 Å². The van der Waals surface area contributed by atoms with Gasteiger partial charge in [-0.1, -0.05) is 48.6 Å². The molecular weight excluding hydrogens is 628 g/mol. The molecule has 3 heterocycles. The molecule has 0 N–H and O–H groups in total. The highest BCUT2D eigenvalue weighted by Crippen LogP contribution is 2.32. The molecule has 0 unspecified atom stereocenters. The first-order chi connectivity index (χ1) is 23.2. The van der Waals surface area contributed by atoms with Gasteiger partial charge in [-0.25, -0.2) is 14.5 Å². The molecule has 1 aliphatic heterocycles. The second-order valence-electron chi connectivity index (χ2n) is 11.3. The molecule has 6 rings (SSSR count). The van der Waals surface area contributed by atoms with Gasteiger partial charge in [0.25, 0.3) is 5.56 Å². The molecule has 11 heteroatoms. The smallest absolute Gasteiger partial charge is 0.338 e. The van der Waals surface area contributed by atoms with Gasteiger partial charge < -0.3 is 14.2 Å². The lowest BCUT2D eigenvalue weighted by Gasteiger charge is -2.24. The number of aryl methyl sites for hydroxylation is 1. The Morgan fingerprint density at radius 2 is 1.77 bits per heavy atom. The molecule has 1 atom stereocenters. The Bertz CT molecular complexity index is 2230. The molecule has 0 aliphatic carbocycles. The number of methoxy groups -OCH3 is 1. The van der Waals surface area contributed by atoms with E-state index in [1.165, 1.54) is 29.9 Å². The molecule has 0 bridgehead atoms. The van der Waals surface area contributed by atoms with Crippen LogP contribution < -0.4 is 24.4 Å². The maximum absolute atomic E-state index is 14.3. The van der Waals surface area contributed by atoms with E-state index in [1.54, 1.807) is 35.9 Å². The molecule has 10 nitrogen and oxygen atoms in total. The number of aromatic nitrogens is 3. The summed E-state index contributed by atoms with van der Waals surface area (Å²) in [7, 11) is 1.30. The van der Waals surface area contributed by atoms with Crippen molar-refractivity contribution in [3.8, 4) is 28.4 Å². The lowest BCUT2D eigenvalue weighted by Crippen LogP contribution is -2.39. The monoisotopic (exact) mass is 662 g/mol. The molecule has 5 aromatic rings. The van der Waals surface area contributed by atoms with Crippen LogP contribution in [0.3, 0.4) is 0 Å². The summed E-state index contributed by atoms with van der Waals surface area (Å²) in [5, 5.41) is 4.95. The fourth-order valence-corrected chi connectivity index (χ4v) is 6.67. The number of ether oxygens (including phenoxy) is 3. The van der Waals surface area contributed by atoms with Crippen LogP contribution in [0.15, 0.2) is 100 Å². The van der Waals surface area contributed by atoms with E-state index in [4.69, 9.17) is 19.3 Å². The summed E-state index contributed by atoms with van der Waals surface area (Å²) in [5.41, 5.74) is 5.15. The first-order valence-corrected chi connectivity index (χ1v) is 16.3. The van der Waals surface area contributed by atoms with E-state index in [0.29, 0.717) is 38.6 Å². The van der Waals surface area contributed by atoms with Crippen LogP contribution in [0, 0.1) is 6.92 Å². The summed E-state index contributed by atoms with van der Waals surface area (Å²) >= 11 is 1.23. The van der Waals surface area contributed by atoms with E-state index < -0.39 is 18.0 Å². The van der Waals surface area contributed by atoms with Crippen LogP contribution in [0.4, 0.5) is 0 Å². The number of hydrogen-bond donors (Lipinski definition) is 0. The minimum Gasteiger partial charge on any atom is -0.493 e. The van der Waals surface area contributed by atoms with Crippen LogP contribution >= 0.6 is 11.3 Å². The molecule has 3 aromatic carbocycles. The van der Waals surface area contributed by atoms with Gasteiger partial charge in [0.15, 0.2) is 4.80 Å². The maximum Gasteiger partial charge on any atom is 0.338 e. The van der Waals surface area contributed by atoms with Crippen LogP contribution in [0.2, 0.25) is 0 Å². The third-order valence-electron chi connectivity index (χ3n) is 7.84. The lowest BCUT2D eigenvalue weighted by atomic mass is 9.96. The van der Waals surface area contributed by atoms with Crippen molar-refractivity contribution in [3.05, 3.63) is 127 Å². The van der Waals surface area contributed by atoms with Gasteiger partial charge in [-0.2, -0.15) is 5.10 Å². The fourth-order valence-electron chi connectivity index (χ4n) is 5.63. The Morgan fingerprint density at radius 3 is 2.44 bits per heavy atom. The largest absolute Gasteiger partial charge is 0.493 e. The third kappa shape index (κ3) is 6.37. The van der Waals surface area contributed by atoms with Gasteiger partial charge in [0.05, 0.1) is 41.2 Å². The van der Waals surface area contributed by atoms with Gasteiger partial charge in [-0.3, -0.25) is 14.2 Å². The predicted molar refractivity (Wildman–Crippen MR) is 183 cm³/mol. The Morgan fingerprint density at radius 1 is 1.02 bits per heavy atom.